The minimum atomic E-state index is -0.398. The zero-order valence-corrected chi connectivity index (χ0v) is 15.3. The number of hydrogen-bond donors (Lipinski definition) is 2. The quantitative estimate of drug-likeness (QED) is 0.666. The Morgan fingerprint density at radius 3 is 2.76 bits per heavy atom. The third kappa shape index (κ3) is 5.86. The first-order chi connectivity index (χ1) is 12.1. The van der Waals surface area contributed by atoms with Gasteiger partial charge in [0.15, 0.2) is 0 Å². The fraction of sp³-hybridized carbons (Fsp3) is 0.389. The van der Waals surface area contributed by atoms with E-state index in [1.165, 1.54) is 0 Å². The highest BCUT2D eigenvalue weighted by Gasteiger charge is 2.12. The number of esters is 1. The van der Waals surface area contributed by atoms with Crippen molar-refractivity contribution in [3.05, 3.63) is 40.3 Å². The van der Waals surface area contributed by atoms with Crippen molar-refractivity contribution in [1.29, 1.82) is 0 Å². The maximum atomic E-state index is 12.2. The molecule has 25 heavy (non-hydrogen) atoms. The van der Waals surface area contributed by atoms with Crippen LogP contribution in [0, 0.1) is 0 Å². The summed E-state index contributed by atoms with van der Waals surface area (Å²) in [6.07, 6.45) is 3.68. The molecule has 0 unspecified atom stereocenters. The van der Waals surface area contributed by atoms with Gasteiger partial charge in [-0.2, -0.15) is 0 Å². The van der Waals surface area contributed by atoms with Crippen molar-refractivity contribution >= 4 is 34.6 Å². The molecule has 1 aromatic heterocycles. The summed E-state index contributed by atoms with van der Waals surface area (Å²) in [6, 6.07) is 5.11. The number of anilines is 2. The summed E-state index contributed by atoms with van der Waals surface area (Å²) in [7, 11) is 0. The molecule has 0 saturated carbocycles. The molecular weight excluding hydrogens is 338 g/mol. The third-order valence-electron chi connectivity index (χ3n) is 3.45. The van der Waals surface area contributed by atoms with Crippen molar-refractivity contribution in [3.63, 3.8) is 0 Å². The van der Waals surface area contributed by atoms with Crippen molar-refractivity contribution in [1.82, 2.24) is 4.98 Å². The second kappa shape index (κ2) is 9.78. The Bertz CT molecular complexity index is 702. The lowest BCUT2D eigenvalue weighted by Crippen LogP contribution is -2.14. The maximum absolute atomic E-state index is 12.2. The summed E-state index contributed by atoms with van der Waals surface area (Å²) in [5.41, 5.74) is 1.79. The molecule has 0 bridgehead atoms. The normalized spacial score (nSPS) is 10.3. The molecule has 2 aromatic rings. The third-order valence-corrected chi connectivity index (χ3v) is 4.29. The molecule has 6 nitrogen and oxygen atoms in total. The van der Waals surface area contributed by atoms with Crippen LogP contribution in [0.1, 0.15) is 42.1 Å². The van der Waals surface area contributed by atoms with E-state index >= 15 is 0 Å². The summed E-state index contributed by atoms with van der Waals surface area (Å²) >= 11 is 1.59. The van der Waals surface area contributed by atoms with E-state index in [1.807, 2.05) is 12.3 Å². The Kier molecular flexibility index (Phi) is 7.40. The van der Waals surface area contributed by atoms with E-state index in [0.29, 0.717) is 30.8 Å². The molecule has 0 saturated heterocycles. The highest BCUT2D eigenvalue weighted by molar-refractivity contribution is 7.09. The molecular formula is C18H23N3O3S. The minimum Gasteiger partial charge on any atom is -0.462 e. The first kappa shape index (κ1) is 18.9. The lowest BCUT2D eigenvalue weighted by atomic mass is 10.1. The van der Waals surface area contributed by atoms with Crippen LogP contribution in [0.25, 0.3) is 0 Å². The van der Waals surface area contributed by atoms with Gasteiger partial charge in [-0.3, -0.25) is 4.79 Å². The largest absolute Gasteiger partial charge is 0.462 e. The Hall–Kier alpha value is -2.41. The van der Waals surface area contributed by atoms with Gasteiger partial charge in [0.05, 0.1) is 28.6 Å². The fourth-order valence-electron chi connectivity index (χ4n) is 2.32. The van der Waals surface area contributed by atoms with Gasteiger partial charge in [0, 0.05) is 24.5 Å². The molecule has 2 N–H and O–H groups in total. The highest BCUT2D eigenvalue weighted by atomic mass is 32.1. The van der Waals surface area contributed by atoms with Gasteiger partial charge < -0.3 is 15.4 Å². The standard InChI is InChI=1S/C18H23N3O3S/c1-3-19-14-9-8-13(18(23)24-4-2)12-15(14)21-16(22)6-5-7-17-20-10-11-25-17/h8-12,19H,3-7H2,1-2H3,(H,21,22). The van der Waals surface area contributed by atoms with E-state index in [9.17, 15) is 9.59 Å². The zero-order chi connectivity index (χ0) is 18.1. The molecule has 0 atom stereocenters. The van der Waals surface area contributed by atoms with E-state index in [-0.39, 0.29) is 5.91 Å². The number of ether oxygens (including phenoxy) is 1. The van der Waals surface area contributed by atoms with Crippen LogP contribution in [0.2, 0.25) is 0 Å². The second-order valence-corrected chi connectivity index (χ2v) is 6.32. The van der Waals surface area contributed by atoms with Crippen LogP contribution in [0.3, 0.4) is 0 Å². The van der Waals surface area contributed by atoms with Gasteiger partial charge in [0.1, 0.15) is 0 Å². The average Bonchev–Trinajstić information content (AvgIpc) is 3.10. The summed E-state index contributed by atoms with van der Waals surface area (Å²) in [6.45, 7) is 4.76. The van der Waals surface area contributed by atoms with E-state index in [4.69, 9.17) is 4.74 Å². The van der Waals surface area contributed by atoms with Crippen molar-refractivity contribution in [3.8, 4) is 0 Å². The van der Waals surface area contributed by atoms with E-state index < -0.39 is 5.97 Å². The van der Waals surface area contributed by atoms with Crippen molar-refractivity contribution < 1.29 is 14.3 Å². The second-order valence-electron chi connectivity index (χ2n) is 5.34. The lowest BCUT2D eigenvalue weighted by Gasteiger charge is -2.13. The Balaban J connectivity index is 2.00. The average molecular weight is 361 g/mol. The molecule has 0 aliphatic carbocycles. The summed E-state index contributed by atoms with van der Waals surface area (Å²) in [5, 5.41) is 9.03. The van der Waals surface area contributed by atoms with Gasteiger partial charge in [-0.05, 0) is 44.9 Å². The topological polar surface area (TPSA) is 80.3 Å². The molecule has 0 radical (unpaired) electrons. The van der Waals surface area contributed by atoms with Gasteiger partial charge in [0.2, 0.25) is 5.91 Å². The van der Waals surface area contributed by atoms with E-state index in [1.54, 1.807) is 42.7 Å². The van der Waals surface area contributed by atoms with Gasteiger partial charge in [-0.15, -0.1) is 11.3 Å². The molecule has 134 valence electrons. The molecule has 0 aliphatic heterocycles. The number of rotatable bonds is 9. The van der Waals surface area contributed by atoms with E-state index in [2.05, 4.69) is 15.6 Å². The molecule has 2 rings (SSSR count). The van der Waals surface area contributed by atoms with Gasteiger partial charge in [-0.25, -0.2) is 9.78 Å². The molecule has 1 aromatic carbocycles. The number of benzene rings is 1. The number of nitrogens with zero attached hydrogens (tertiary/aromatic N) is 1. The zero-order valence-electron chi connectivity index (χ0n) is 14.5. The summed E-state index contributed by atoms with van der Waals surface area (Å²) < 4.78 is 5.02. The van der Waals surface area contributed by atoms with Crippen LogP contribution in [0.4, 0.5) is 11.4 Å². The first-order valence-corrected chi connectivity index (χ1v) is 9.25. The van der Waals surface area contributed by atoms with Gasteiger partial charge in [0.25, 0.3) is 0 Å². The van der Waals surface area contributed by atoms with Crippen LogP contribution < -0.4 is 10.6 Å². The number of aromatic nitrogens is 1. The Labute approximate surface area is 151 Å². The number of carbonyl (C=O) groups is 2. The molecule has 1 amide bonds. The van der Waals surface area contributed by atoms with Crippen LogP contribution in [0.15, 0.2) is 29.8 Å². The van der Waals surface area contributed by atoms with Crippen molar-refractivity contribution in [2.45, 2.75) is 33.1 Å². The molecule has 1 heterocycles. The smallest absolute Gasteiger partial charge is 0.338 e. The monoisotopic (exact) mass is 361 g/mol. The number of carbonyl (C=O) groups excluding carboxylic acids is 2. The van der Waals surface area contributed by atoms with Crippen molar-refractivity contribution in [2.75, 3.05) is 23.8 Å². The first-order valence-electron chi connectivity index (χ1n) is 8.37. The van der Waals surface area contributed by atoms with Crippen LogP contribution in [-0.4, -0.2) is 30.0 Å². The molecule has 0 spiro atoms. The fourth-order valence-corrected chi connectivity index (χ4v) is 2.99. The molecule has 0 fully saturated rings. The number of thiazole rings is 1. The Morgan fingerprint density at radius 1 is 1.24 bits per heavy atom. The van der Waals surface area contributed by atoms with Gasteiger partial charge in [-0.1, -0.05) is 0 Å². The van der Waals surface area contributed by atoms with Crippen LogP contribution in [0.5, 0.6) is 0 Å². The summed E-state index contributed by atoms with van der Waals surface area (Å²) in [4.78, 5) is 28.3. The summed E-state index contributed by atoms with van der Waals surface area (Å²) in [5.74, 6) is -0.485. The SMILES string of the molecule is CCNc1ccc(C(=O)OCC)cc1NC(=O)CCCc1nccs1. The predicted octanol–water partition coefficient (Wildman–Crippen LogP) is 3.71. The number of amides is 1. The maximum Gasteiger partial charge on any atom is 0.338 e. The number of hydrogen-bond acceptors (Lipinski definition) is 6. The number of nitrogens with one attached hydrogen (secondary N) is 2. The van der Waals surface area contributed by atoms with Crippen LogP contribution >= 0.6 is 11.3 Å². The number of aryl methyl sites for hydroxylation is 1. The van der Waals surface area contributed by atoms with Crippen LogP contribution in [-0.2, 0) is 16.0 Å². The lowest BCUT2D eigenvalue weighted by molar-refractivity contribution is -0.116. The van der Waals surface area contributed by atoms with Crippen molar-refractivity contribution in [2.24, 2.45) is 0 Å². The Morgan fingerprint density at radius 2 is 2.08 bits per heavy atom. The van der Waals surface area contributed by atoms with E-state index in [0.717, 1.165) is 23.5 Å². The predicted molar refractivity (Wildman–Crippen MR) is 100 cm³/mol. The highest BCUT2D eigenvalue weighted by Crippen LogP contribution is 2.24. The molecule has 0 aliphatic rings. The minimum absolute atomic E-state index is 0.0864. The van der Waals surface area contributed by atoms with Gasteiger partial charge >= 0.3 is 5.97 Å². The molecule has 7 heteroatoms.